The molecular weight excluding hydrogens is 345 g/mol. The fourth-order valence-corrected chi connectivity index (χ4v) is 1.57. The van der Waals surface area contributed by atoms with Gasteiger partial charge in [-0.15, -0.1) is 0 Å². The molecule has 1 N–H and O–H groups in total. The van der Waals surface area contributed by atoms with Gasteiger partial charge in [0.1, 0.15) is 0 Å². The van der Waals surface area contributed by atoms with Gasteiger partial charge in [0, 0.05) is 4.47 Å². The van der Waals surface area contributed by atoms with E-state index >= 15 is 0 Å². The fraction of sp³-hybridized carbons (Fsp3) is 0.250. The van der Waals surface area contributed by atoms with Crippen molar-refractivity contribution in [1.82, 2.24) is 0 Å². The predicted octanol–water partition coefficient (Wildman–Crippen LogP) is 4.12. The van der Waals surface area contributed by atoms with Crippen molar-refractivity contribution < 1.29 is 13.9 Å². The predicted molar refractivity (Wildman–Crippen MR) is 58.0 cm³/mol. The Labute approximate surface area is 101 Å². The Morgan fingerprint density at radius 2 is 2.00 bits per heavy atom. The normalized spacial score (nSPS) is 14.1. The van der Waals surface area contributed by atoms with Gasteiger partial charge in [-0.2, -0.15) is 8.78 Å². The van der Waals surface area contributed by atoms with E-state index in [1.54, 1.807) is 0 Å². The summed E-state index contributed by atoms with van der Waals surface area (Å²) in [6.07, 6.45) is -1.91. The molecule has 1 rings (SSSR count). The summed E-state index contributed by atoms with van der Waals surface area (Å²) >= 11 is 10.9. The maximum absolute atomic E-state index is 12.6. The van der Waals surface area contributed by atoms with Gasteiger partial charge < -0.3 is 5.11 Å². The smallest absolute Gasteiger partial charge is 0.330 e. The van der Waals surface area contributed by atoms with Crippen LogP contribution < -0.4 is 0 Å². The molecular formula is C8H5Br2ClF2O. The van der Waals surface area contributed by atoms with Crippen molar-refractivity contribution in [3.8, 4) is 0 Å². The van der Waals surface area contributed by atoms with Gasteiger partial charge in [-0.25, -0.2) is 0 Å². The second-order valence-corrected chi connectivity index (χ2v) is 4.94. The van der Waals surface area contributed by atoms with Crippen molar-refractivity contribution in [2.75, 3.05) is 0 Å². The summed E-state index contributed by atoms with van der Waals surface area (Å²) in [5.74, 6) is 0. The van der Waals surface area contributed by atoms with Crippen molar-refractivity contribution in [2.45, 2.75) is 10.9 Å². The highest BCUT2D eigenvalue weighted by Gasteiger charge is 2.36. The lowest BCUT2D eigenvalue weighted by Gasteiger charge is -2.16. The van der Waals surface area contributed by atoms with Crippen LogP contribution >= 0.6 is 43.5 Å². The van der Waals surface area contributed by atoms with Gasteiger partial charge in [0.15, 0.2) is 6.10 Å². The number of aliphatic hydroxyl groups excluding tert-OH is 1. The molecule has 0 radical (unpaired) electrons. The number of aliphatic hydroxyl groups is 1. The summed E-state index contributed by atoms with van der Waals surface area (Å²) < 4.78 is 25.9. The van der Waals surface area contributed by atoms with Crippen LogP contribution in [0.4, 0.5) is 8.78 Å². The standard InChI is InChI=1S/C8H5Br2ClF2O/c9-5-2-1-4(3-6(5)11)7(14)8(10,12)13/h1-3,7,14H. The van der Waals surface area contributed by atoms with Crippen LogP contribution in [0.5, 0.6) is 0 Å². The van der Waals surface area contributed by atoms with Crippen molar-refractivity contribution in [1.29, 1.82) is 0 Å². The summed E-state index contributed by atoms with van der Waals surface area (Å²) in [6, 6.07) is 4.15. The Morgan fingerprint density at radius 3 is 2.43 bits per heavy atom. The molecule has 1 aromatic carbocycles. The second-order valence-electron chi connectivity index (χ2n) is 2.62. The molecule has 1 nitrogen and oxygen atoms in total. The zero-order valence-electron chi connectivity index (χ0n) is 6.65. The SMILES string of the molecule is OC(c1ccc(Br)c(Cl)c1)C(F)(F)Br. The number of hydrogen-bond acceptors (Lipinski definition) is 1. The molecule has 0 bridgehead atoms. The Morgan fingerprint density at radius 1 is 1.43 bits per heavy atom. The molecule has 6 heteroatoms. The van der Waals surface area contributed by atoms with Gasteiger partial charge in [-0.05, 0) is 49.6 Å². The Hall–Kier alpha value is 0.290. The van der Waals surface area contributed by atoms with Gasteiger partial charge in [0.05, 0.1) is 5.02 Å². The van der Waals surface area contributed by atoms with Crippen LogP contribution in [0.1, 0.15) is 11.7 Å². The van der Waals surface area contributed by atoms with Gasteiger partial charge in [0.25, 0.3) is 0 Å². The fourth-order valence-electron chi connectivity index (χ4n) is 0.871. The zero-order chi connectivity index (χ0) is 10.9. The van der Waals surface area contributed by atoms with Crippen molar-refractivity contribution in [2.24, 2.45) is 0 Å². The summed E-state index contributed by atoms with van der Waals surface area (Å²) in [7, 11) is 0. The molecule has 0 aromatic heterocycles. The van der Waals surface area contributed by atoms with Crippen LogP contribution in [-0.4, -0.2) is 9.94 Å². The van der Waals surface area contributed by atoms with Crippen molar-refractivity contribution in [3.63, 3.8) is 0 Å². The van der Waals surface area contributed by atoms with Crippen LogP contribution in [0.15, 0.2) is 22.7 Å². The average molecular weight is 350 g/mol. The molecule has 0 amide bonds. The molecule has 0 saturated carbocycles. The van der Waals surface area contributed by atoms with E-state index in [0.29, 0.717) is 4.47 Å². The minimum absolute atomic E-state index is 0.0556. The number of halogens is 5. The highest BCUT2D eigenvalue weighted by atomic mass is 79.9. The van der Waals surface area contributed by atoms with E-state index in [2.05, 4.69) is 31.9 Å². The molecule has 78 valence electrons. The van der Waals surface area contributed by atoms with E-state index in [1.165, 1.54) is 18.2 Å². The van der Waals surface area contributed by atoms with E-state index in [1.807, 2.05) is 0 Å². The topological polar surface area (TPSA) is 20.2 Å². The lowest BCUT2D eigenvalue weighted by atomic mass is 10.1. The van der Waals surface area contributed by atoms with Crippen LogP contribution in [-0.2, 0) is 0 Å². The van der Waals surface area contributed by atoms with E-state index in [0.717, 1.165) is 0 Å². The van der Waals surface area contributed by atoms with Gasteiger partial charge in [-0.3, -0.25) is 0 Å². The number of hydrogen-bond donors (Lipinski definition) is 1. The molecule has 1 atom stereocenters. The molecule has 0 spiro atoms. The number of rotatable bonds is 2. The summed E-state index contributed by atoms with van der Waals surface area (Å²) in [5, 5.41) is 9.48. The highest BCUT2D eigenvalue weighted by molar-refractivity contribution is 9.10. The Kier molecular flexibility index (Phi) is 3.91. The third kappa shape index (κ3) is 2.89. The van der Waals surface area contributed by atoms with E-state index in [9.17, 15) is 13.9 Å². The molecule has 0 fully saturated rings. The molecule has 0 heterocycles. The third-order valence-electron chi connectivity index (χ3n) is 1.57. The second kappa shape index (κ2) is 4.43. The van der Waals surface area contributed by atoms with Gasteiger partial charge >= 0.3 is 4.83 Å². The largest absolute Gasteiger partial charge is 0.381 e. The Bertz CT molecular complexity index is 341. The van der Waals surface area contributed by atoms with Crippen LogP contribution in [0.3, 0.4) is 0 Å². The molecule has 0 aliphatic heterocycles. The maximum atomic E-state index is 12.6. The van der Waals surface area contributed by atoms with Crippen LogP contribution in [0, 0.1) is 0 Å². The van der Waals surface area contributed by atoms with Gasteiger partial charge in [-0.1, -0.05) is 17.7 Å². The summed E-state index contributed by atoms with van der Waals surface area (Å²) in [5.41, 5.74) is 0.0556. The number of benzene rings is 1. The first-order valence-electron chi connectivity index (χ1n) is 3.52. The minimum atomic E-state index is -3.36. The first-order valence-corrected chi connectivity index (χ1v) is 5.48. The van der Waals surface area contributed by atoms with Gasteiger partial charge in [0.2, 0.25) is 0 Å². The molecule has 14 heavy (non-hydrogen) atoms. The van der Waals surface area contributed by atoms with Crippen molar-refractivity contribution in [3.05, 3.63) is 33.3 Å². The lowest BCUT2D eigenvalue weighted by molar-refractivity contribution is -0.0294. The van der Waals surface area contributed by atoms with E-state index in [4.69, 9.17) is 11.6 Å². The molecule has 0 aliphatic rings. The molecule has 0 saturated heterocycles. The maximum Gasteiger partial charge on any atom is 0.330 e. The zero-order valence-corrected chi connectivity index (χ0v) is 10.6. The summed E-state index contributed by atoms with van der Waals surface area (Å²) in [6.45, 7) is 0. The minimum Gasteiger partial charge on any atom is -0.381 e. The van der Waals surface area contributed by atoms with E-state index < -0.39 is 10.9 Å². The monoisotopic (exact) mass is 348 g/mol. The Balaban J connectivity index is 3.03. The number of alkyl halides is 3. The van der Waals surface area contributed by atoms with Crippen molar-refractivity contribution >= 4 is 43.5 Å². The lowest BCUT2D eigenvalue weighted by Crippen LogP contribution is -2.18. The van der Waals surface area contributed by atoms with E-state index in [-0.39, 0.29) is 10.6 Å². The quantitative estimate of drug-likeness (QED) is 0.796. The summed E-state index contributed by atoms with van der Waals surface area (Å²) in [4.78, 5) is -3.36. The molecule has 1 unspecified atom stereocenters. The van der Waals surface area contributed by atoms with Crippen LogP contribution in [0.25, 0.3) is 0 Å². The van der Waals surface area contributed by atoms with Crippen LogP contribution in [0.2, 0.25) is 5.02 Å². The average Bonchev–Trinajstić information content (AvgIpc) is 2.07. The third-order valence-corrected chi connectivity index (χ3v) is 3.24. The highest BCUT2D eigenvalue weighted by Crippen LogP contribution is 2.38. The molecule has 0 aliphatic carbocycles. The molecule has 1 aromatic rings. The first-order chi connectivity index (χ1) is 6.32. The first kappa shape index (κ1) is 12.4.